The highest BCUT2D eigenvalue weighted by Gasteiger charge is 2.18. The van der Waals surface area contributed by atoms with Crippen LogP contribution in [-0.4, -0.2) is 47.1 Å². The Labute approximate surface area is 198 Å². The Morgan fingerprint density at radius 3 is 2.03 bits per heavy atom. The van der Waals surface area contributed by atoms with Crippen molar-refractivity contribution in [3.8, 4) is 34.0 Å². The van der Waals surface area contributed by atoms with E-state index in [4.69, 9.17) is 14.5 Å². The highest BCUT2D eigenvalue weighted by atomic mass is 32.2. The predicted molar refractivity (Wildman–Crippen MR) is 130 cm³/mol. The van der Waals surface area contributed by atoms with E-state index >= 15 is 0 Å². The van der Waals surface area contributed by atoms with Crippen molar-refractivity contribution in [2.45, 2.75) is 43.3 Å². The van der Waals surface area contributed by atoms with Gasteiger partial charge in [-0.25, -0.2) is 4.98 Å². The van der Waals surface area contributed by atoms with E-state index in [2.05, 4.69) is 15.5 Å². The molecule has 0 aliphatic heterocycles. The largest absolute Gasteiger partial charge is 0.497 e. The predicted octanol–water partition coefficient (Wildman–Crippen LogP) is 4.76. The molecule has 4 rings (SSSR count). The molecule has 0 saturated heterocycles. The Morgan fingerprint density at radius 2 is 1.45 bits per heavy atom. The molecule has 2 aromatic carbocycles. The summed E-state index contributed by atoms with van der Waals surface area (Å²) >= 11 is 1.30. The third-order valence-electron chi connectivity index (χ3n) is 5.70. The highest BCUT2D eigenvalue weighted by molar-refractivity contribution is 7.99. The van der Waals surface area contributed by atoms with Crippen molar-refractivity contribution in [2.24, 2.45) is 0 Å². The van der Waals surface area contributed by atoms with E-state index < -0.39 is 0 Å². The van der Waals surface area contributed by atoms with Crippen molar-refractivity contribution < 1.29 is 14.3 Å². The molecule has 33 heavy (non-hydrogen) atoms. The van der Waals surface area contributed by atoms with E-state index in [1.54, 1.807) is 14.2 Å². The van der Waals surface area contributed by atoms with Gasteiger partial charge in [-0.1, -0.05) is 31.0 Å². The summed E-state index contributed by atoms with van der Waals surface area (Å²) in [6, 6.07) is 15.6. The normalized spacial score (nSPS) is 14.0. The molecule has 0 spiro atoms. The molecule has 1 saturated carbocycles. The number of amides is 1. The quantitative estimate of drug-likeness (QED) is 0.481. The van der Waals surface area contributed by atoms with Crippen molar-refractivity contribution in [3.63, 3.8) is 0 Å². The summed E-state index contributed by atoms with van der Waals surface area (Å²) in [5, 5.41) is 12.4. The van der Waals surface area contributed by atoms with E-state index in [1.807, 2.05) is 48.5 Å². The zero-order valence-corrected chi connectivity index (χ0v) is 19.7. The standard InChI is InChI=1S/C25H28N4O3S/c1-31-20-12-8-17(9-13-20)23-24(18-10-14-21(32-2)15-11-18)28-29-25(27-23)33-16-22(30)26-19-6-4-3-5-7-19/h8-15,19H,3-7,16H2,1-2H3,(H,26,30). The van der Waals surface area contributed by atoms with Gasteiger partial charge in [0, 0.05) is 17.2 Å². The molecule has 7 nitrogen and oxygen atoms in total. The summed E-state index contributed by atoms with van der Waals surface area (Å²) in [6.07, 6.45) is 5.75. The number of thioether (sulfide) groups is 1. The summed E-state index contributed by atoms with van der Waals surface area (Å²) in [5.41, 5.74) is 3.14. The average molecular weight is 465 g/mol. The molecular formula is C25H28N4O3S. The number of carbonyl (C=O) groups excluding carboxylic acids is 1. The van der Waals surface area contributed by atoms with Gasteiger partial charge in [-0.05, 0) is 61.4 Å². The summed E-state index contributed by atoms with van der Waals surface area (Å²) in [4.78, 5) is 17.2. The molecule has 1 aromatic heterocycles. The molecule has 0 unspecified atom stereocenters. The second-order valence-corrected chi connectivity index (χ2v) is 8.88. The van der Waals surface area contributed by atoms with Crippen LogP contribution in [0.4, 0.5) is 0 Å². The van der Waals surface area contributed by atoms with E-state index in [-0.39, 0.29) is 11.7 Å². The second-order valence-electron chi connectivity index (χ2n) is 7.94. The average Bonchev–Trinajstić information content (AvgIpc) is 2.88. The second kappa shape index (κ2) is 11.1. The summed E-state index contributed by atoms with van der Waals surface area (Å²) in [5.74, 6) is 1.81. The summed E-state index contributed by atoms with van der Waals surface area (Å²) < 4.78 is 10.6. The van der Waals surface area contributed by atoms with E-state index in [9.17, 15) is 4.79 Å². The fourth-order valence-electron chi connectivity index (χ4n) is 3.91. The zero-order chi connectivity index (χ0) is 23.0. The number of hydrogen-bond acceptors (Lipinski definition) is 7. The van der Waals surface area contributed by atoms with Gasteiger partial charge in [-0.15, -0.1) is 10.2 Å². The lowest BCUT2D eigenvalue weighted by molar-refractivity contribution is -0.119. The third-order valence-corrected chi connectivity index (χ3v) is 6.53. The smallest absolute Gasteiger partial charge is 0.230 e. The van der Waals surface area contributed by atoms with Crippen molar-refractivity contribution in [1.82, 2.24) is 20.5 Å². The van der Waals surface area contributed by atoms with Crippen LogP contribution in [0, 0.1) is 0 Å². The van der Waals surface area contributed by atoms with Gasteiger partial charge in [0.25, 0.3) is 0 Å². The number of benzene rings is 2. The van der Waals surface area contributed by atoms with Gasteiger partial charge in [0.1, 0.15) is 22.9 Å². The molecule has 1 N–H and O–H groups in total. The molecule has 1 aliphatic rings. The minimum atomic E-state index is 0.0146. The molecular weight excluding hydrogens is 436 g/mol. The molecule has 0 bridgehead atoms. The van der Waals surface area contributed by atoms with Crippen LogP contribution in [0.5, 0.6) is 11.5 Å². The molecule has 0 atom stereocenters. The van der Waals surface area contributed by atoms with Crippen molar-refractivity contribution in [3.05, 3.63) is 48.5 Å². The molecule has 0 radical (unpaired) electrons. The van der Waals surface area contributed by atoms with Gasteiger partial charge in [0.15, 0.2) is 0 Å². The monoisotopic (exact) mass is 464 g/mol. The first kappa shape index (κ1) is 23.0. The molecule has 8 heteroatoms. The first-order chi connectivity index (χ1) is 16.2. The number of hydrogen-bond donors (Lipinski definition) is 1. The van der Waals surface area contributed by atoms with Crippen LogP contribution < -0.4 is 14.8 Å². The lowest BCUT2D eigenvalue weighted by atomic mass is 9.95. The van der Waals surface area contributed by atoms with Gasteiger partial charge in [0.05, 0.1) is 20.0 Å². The van der Waals surface area contributed by atoms with Crippen LogP contribution in [0.1, 0.15) is 32.1 Å². The Kier molecular flexibility index (Phi) is 7.78. The number of aromatic nitrogens is 3. The molecule has 3 aromatic rings. The van der Waals surface area contributed by atoms with Gasteiger partial charge in [-0.2, -0.15) is 0 Å². The fourth-order valence-corrected chi connectivity index (χ4v) is 4.51. The fraction of sp³-hybridized carbons (Fsp3) is 0.360. The highest BCUT2D eigenvalue weighted by Crippen LogP contribution is 2.31. The third kappa shape index (κ3) is 6.01. The summed E-state index contributed by atoms with van der Waals surface area (Å²) in [7, 11) is 3.27. The number of nitrogens with one attached hydrogen (secondary N) is 1. The maximum absolute atomic E-state index is 12.4. The summed E-state index contributed by atoms with van der Waals surface area (Å²) in [6.45, 7) is 0. The zero-order valence-electron chi connectivity index (χ0n) is 18.9. The lowest BCUT2D eigenvalue weighted by Crippen LogP contribution is -2.37. The first-order valence-electron chi connectivity index (χ1n) is 11.1. The van der Waals surface area contributed by atoms with Gasteiger partial charge < -0.3 is 14.8 Å². The number of nitrogens with zero attached hydrogens (tertiary/aromatic N) is 3. The number of ether oxygens (including phenoxy) is 2. The van der Waals surface area contributed by atoms with Gasteiger partial charge in [0.2, 0.25) is 11.1 Å². The Balaban J connectivity index is 1.56. The van der Waals surface area contributed by atoms with Crippen LogP contribution >= 0.6 is 11.8 Å². The van der Waals surface area contributed by atoms with Crippen LogP contribution in [0.3, 0.4) is 0 Å². The molecule has 1 amide bonds. The Hall–Kier alpha value is -3.13. The van der Waals surface area contributed by atoms with Gasteiger partial charge >= 0.3 is 0 Å². The van der Waals surface area contributed by atoms with Crippen molar-refractivity contribution in [1.29, 1.82) is 0 Å². The number of rotatable bonds is 8. The van der Waals surface area contributed by atoms with Crippen molar-refractivity contribution in [2.75, 3.05) is 20.0 Å². The Bertz CT molecular complexity index is 1070. The van der Waals surface area contributed by atoms with E-state index in [1.165, 1.54) is 31.0 Å². The lowest BCUT2D eigenvalue weighted by Gasteiger charge is -2.22. The van der Waals surface area contributed by atoms with Crippen LogP contribution in [0.25, 0.3) is 22.5 Å². The van der Waals surface area contributed by atoms with Crippen LogP contribution in [0.15, 0.2) is 53.7 Å². The van der Waals surface area contributed by atoms with Gasteiger partial charge in [-0.3, -0.25) is 4.79 Å². The minimum absolute atomic E-state index is 0.0146. The molecule has 1 fully saturated rings. The van der Waals surface area contributed by atoms with E-state index in [0.717, 1.165) is 35.5 Å². The van der Waals surface area contributed by atoms with Crippen LogP contribution in [0.2, 0.25) is 0 Å². The number of carbonyl (C=O) groups is 1. The molecule has 1 heterocycles. The maximum Gasteiger partial charge on any atom is 0.230 e. The van der Waals surface area contributed by atoms with E-state index in [0.29, 0.717) is 22.6 Å². The Morgan fingerprint density at radius 1 is 0.879 bits per heavy atom. The SMILES string of the molecule is COc1ccc(-c2nnc(SCC(=O)NC3CCCCC3)nc2-c2ccc(OC)cc2)cc1. The first-order valence-corrected chi connectivity index (χ1v) is 12.1. The minimum Gasteiger partial charge on any atom is -0.497 e. The van der Waals surface area contributed by atoms with Crippen LogP contribution in [-0.2, 0) is 4.79 Å². The van der Waals surface area contributed by atoms with Crippen molar-refractivity contribution >= 4 is 17.7 Å². The molecule has 172 valence electrons. The maximum atomic E-state index is 12.4. The topological polar surface area (TPSA) is 86.2 Å². The molecule has 1 aliphatic carbocycles. The number of methoxy groups -OCH3 is 2.